The van der Waals surface area contributed by atoms with Gasteiger partial charge in [-0.15, -0.1) is 0 Å². The van der Waals surface area contributed by atoms with Crippen molar-refractivity contribution in [2.75, 3.05) is 13.2 Å². The van der Waals surface area contributed by atoms with E-state index in [1.807, 2.05) is 0 Å². The van der Waals surface area contributed by atoms with Crippen molar-refractivity contribution in [3.63, 3.8) is 0 Å². The van der Waals surface area contributed by atoms with Gasteiger partial charge in [-0.3, -0.25) is 14.4 Å². The second-order valence-corrected chi connectivity index (χ2v) is 14.4. The summed E-state index contributed by atoms with van der Waals surface area (Å²) < 4.78 is 5.93. The zero-order valence-electron chi connectivity index (χ0n) is 33.3. The van der Waals surface area contributed by atoms with Crippen molar-refractivity contribution >= 4 is 23.8 Å². The topological polar surface area (TPSA) is 142 Å². The molecule has 302 valence electrons. The average molecular weight is 735 g/mol. The molecule has 0 aromatic rings. The Balaban J connectivity index is 4.23. The highest BCUT2D eigenvalue weighted by Crippen LogP contribution is 2.16. The second kappa shape index (κ2) is 38.1. The third-order valence-electron chi connectivity index (χ3n) is 9.41. The van der Waals surface area contributed by atoms with Crippen LogP contribution in [-0.2, 0) is 23.9 Å². The number of esters is 1. The van der Waals surface area contributed by atoms with Gasteiger partial charge in [-0.05, 0) is 70.3 Å². The van der Waals surface area contributed by atoms with Gasteiger partial charge in [0.05, 0.1) is 13.2 Å². The number of hydrogen-bond acceptors (Lipinski definition) is 6. The van der Waals surface area contributed by atoms with Gasteiger partial charge in [0.15, 0.2) is 0 Å². The third-order valence-corrected chi connectivity index (χ3v) is 9.41. The maximum Gasteiger partial charge on any atom is 0.328 e. The normalized spacial score (nSPS) is 12.7. The first-order valence-corrected chi connectivity index (χ1v) is 21.2. The quantitative estimate of drug-likeness (QED) is 0.0281. The molecule has 9 heteroatoms. The van der Waals surface area contributed by atoms with Crippen molar-refractivity contribution < 1.29 is 34.1 Å². The molecule has 0 spiro atoms. The van der Waals surface area contributed by atoms with Crippen LogP contribution in [0.2, 0.25) is 0 Å². The molecule has 0 saturated heterocycles. The van der Waals surface area contributed by atoms with Crippen LogP contribution in [0.3, 0.4) is 0 Å². The summed E-state index contributed by atoms with van der Waals surface area (Å²) in [6.07, 6.45) is 40.8. The molecule has 0 aliphatic rings. The zero-order chi connectivity index (χ0) is 38.3. The van der Waals surface area contributed by atoms with Crippen LogP contribution in [-0.4, -0.2) is 59.3 Å². The first kappa shape index (κ1) is 49.3. The van der Waals surface area contributed by atoms with E-state index in [4.69, 9.17) is 14.9 Å². The Morgan fingerprint density at radius 2 is 1.04 bits per heavy atom. The zero-order valence-corrected chi connectivity index (χ0v) is 33.3. The van der Waals surface area contributed by atoms with E-state index in [0.717, 1.165) is 64.2 Å². The highest BCUT2D eigenvalue weighted by molar-refractivity contribution is 5.87. The largest absolute Gasteiger partial charge is 0.480 e. The number of hydrogen-bond donors (Lipinski definition) is 4. The van der Waals surface area contributed by atoms with E-state index in [1.54, 1.807) is 0 Å². The number of ether oxygens (including phenoxy) is 1. The van der Waals surface area contributed by atoms with E-state index in [9.17, 15) is 19.2 Å². The molecule has 0 bridgehead atoms. The van der Waals surface area contributed by atoms with E-state index in [2.05, 4.69) is 48.8 Å². The lowest BCUT2D eigenvalue weighted by molar-refractivity contribution is -0.147. The Kier molecular flexibility index (Phi) is 36.1. The first-order valence-electron chi connectivity index (χ1n) is 21.2. The lowest BCUT2D eigenvalue weighted by Crippen LogP contribution is -2.47. The number of nitrogens with one attached hydrogen (secondary N) is 2. The van der Waals surface area contributed by atoms with E-state index in [0.29, 0.717) is 19.3 Å². The Morgan fingerprint density at radius 1 is 0.577 bits per heavy atom. The monoisotopic (exact) mass is 735 g/mol. The minimum Gasteiger partial charge on any atom is -0.480 e. The fourth-order valence-corrected chi connectivity index (χ4v) is 6.09. The van der Waals surface area contributed by atoms with E-state index in [1.165, 1.54) is 103 Å². The number of carbonyl (C=O) groups excluding carboxylic acids is 3. The molecule has 9 nitrogen and oxygen atoms in total. The smallest absolute Gasteiger partial charge is 0.328 e. The minimum atomic E-state index is -1.38. The first-order chi connectivity index (χ1) is 25.3. The molecule has 52 heavy (non-hydrogen) atoms. The number of carbonyl (C=O) groups is 4. The van der Waals surface area contributed by atoms with Crippen molar-refractivity contribution in [1.29, 1.82) is 0 Å². The van der Waals surface area contributed by atoms with Crippen LogP contribution in [0.5, 0.6) is 0 Å². The van der Waals surface area contributed by atoms with Gasteiger partial charge < -0.3 is 25.6 Å². The lowest BCUT2D eigenvalue weighted by atomic mass is 10.0. The van der Waals surface area contributed by atoms with Crippen molar-refractivity contribution in [2.24, 2.45) is 0 Å². The van der Waals surface area contributed by atoms with Gasteiger partial charge >= 0.3 is 11.9 Å². The van der Waals surface area contributed by atoms with Crippen LogP contribution < -0.4 is 10.6 Å². The summed E-state index contributed by atoms with van der Waals surface area (Å²) in [6.45, 7) is 3.46. The molecular weight excluding hydrogens is 656 g/mol. The molecule has 0 aliphatic carbocycles. The number of carboxylic acids is 1. The summed E-state index contributed by atoms with van der Waals surface area (Å²) in [5.41, 5.74) is 0. The maximum absolute atomic E-state index is 12.7. The molecule has 2 amide bonds. The Labute approximate surface area is 317 Å². The van der Waals surface area contributed by atoms with Gasteiger partial charge in [0.25, 0.3) is 0 Å². The van der Waals surface area contributed by atoms with Gasteiger partial charge in [-0.1, -0.05) is 141 Å². The molecule has 0 fully saturated rings. The number of aliphatic hydroxyl groups is 1. The standard InChI is InChI=1S/C43H78N2O7/c1-3-5-7-9-11-13-14-15-16-17-18-19-21-27-31-35-42(49)52-38(32-28-24-20-12-10-8-6-4-2)33-29-25-22-23-26-30-34-40(47)44-36-41(48)45-39(37-46)43(50)51/h15-16,28,32,38-39,46H,3-14,17-27,29-31,33-37H2,1-2H3,(H,44,47)(H,45,48)(H,50,51)/b16-15-,32-28-. The van der Waals surface area contributed by atoms with Gasteiger partial charge in [-0.2, -0.15) is 0 Å². The third kappa shape index (κ3) is 34.4. The summed E-state index contributed by atoms with van der Waals surface area (Å²) in [5, 5.41) is 22.5. The van der Waals surface area contributed by atoms with Crippen LogP contribution in [0.15, 0.2) is 24.3 Å². The van der Waals surface area contributed by atoms with E-state index < -0.39 is 24.5 Å². The number of allylic oxidation sites excluding steroid dienone is 3. The lowest BCUT2D eigenvalue weighted by Gasteiger charge is -2.15. The predicted octanol–water partition coefficient (Wildman–Crippen LogP) is 10.0. The molecule has 0 aromatic heterocycles. The van der Waals surface area contributed by atoms with E-state index >= 15 is 0 Å². The maximum atomic E-state index is 12.7. The fraction of sp³-hybridized carbons (Fsp3) is 0.814. The SMILES string of the molecule is CCCCCCCC/C=C\CCCCCCCC(=O)OC(/C=C\CCCCCCCC)CCCCCCCCC(=O)NCC(=O)NC(CO)C(=O)O. The molecule has 0 rings (SSSR count). The molecule has 0 aromatic carbocycles. The summed E-state index contributed by atoms with van der Waals surface area (Å²) in [6, 6.07) is -1.38. The van der Waals surface area contributed by atoms with Crippen molar-refractivity contribution in [2.45, 2.75) is 212 Å². The molecular formula is C43H78N2O7. The molecule has 2 unspecified atom stereocenters. The van der Waals surface area contributed by atoms with Crippen molar-refractivity contribution in [1.82, 2.24) is 10.6 Å². The Morgan fingerprint density at radius 3 is 1.56 bits per heavy atom. The van der Waals surface area contributed by atoms with Gasteiger partial charge in [0.2, 0.25) is 11.8 Å². The van der Waals surface area contributed by atoms with Crippen LogP contribution >= 0.6 is 0 Å². The molecule has 0 radical (unpaired) electrons. The highest BCUT2D eigenvalue weighted by Gasteiger charge is 2.18. The van der Waals surface area contributed by atoms with E-state index in [-0.39, 0.29) is 24.5 Å². The molecule has 0 saturated carbocycles. The van der Waals surface area contributed by atoms with Crippen molar-refractivity contribution in [3.05, 3.63) is 24.3 Å². The predicted molar refractivity (Wildman–Crippen MR) is 213 cm³/mol. The summed E-state index contributed by atoms with van der Waals surface area (Å²) in [4.78, 5) is 47.4. The van der Waals surface area contributed by atoms with Crippen LogP contribution in [0, 0.1) is 0 Å². The van der Waals surface area contributed by atoms with Gasteiger partial charge in [0.1, 0.15) is 12.1 Å². The van der Waals surface area contributed by atoms with Gasteiger partial charge in [-0.25, -0.2) is 4.79 Å². The summed E-state index contributed by atoms with van der Waals surface area (Å²) in [5.74, 6) is -2.33. The molecule has 0 heterocycles. The van der Waals surface area contributed by atoms with Gasteiger partial charge in [0, 0.05) is 12.8 Å². The van der Waals surface area contributed by atoms with Crippen LogP contribution in [0.4, 0.5) is 0 Å². The fourth-order valence-electron chi connectivity index (χ4n) is 6.09. The molecule has 0 aliphatic heterocycles. The van der Waals surface area contributed by atoms with Crippen LogP contribution in [0.1, 0.15) is 200 Å². The minimum absolute atomic E-state index is 0.0855. The number of rotatable bonds is 38. The second-order valence-electron chi connectivity index (χ2n) is 14.4. The number of aliphatic carboxylic acids is 1. The average Bonchev–Trinajstić information content (AvgIpc) is 3.13. The number of amides is 2. The van der Waals surface area contributed by atoms with Crippen LogP contribution in [0.25, 0.3) is 0 Å². The molecule has 4 N–H and O–H groups in total. The summed E-state index contributed by atoms with van der Waals surface area (Å²) >= 11 is 0. The number of aliphatic hydroxyl groups excluding tert-OH is 1. The Hall–Kier alpha value is -2.68. The highest BCUT2D eigenvalue weighted by atomic mass is 16.5. The number of unbranched alkanes of at least 4 members (excludes halogenated alkanes) is 22. The summed E-state index contributed by atoms with van der Waals surface area (Å²) in [7, 11) is 0. The Bertz CT molecular complexity index is 936. The van der Waals surface area contributed by atoms with Crippen molar-refractivity contribution in [3.8, 4) is 0 Å². The molecule has 2 atom stereocenters. The number of carboxylic acid groups (broad SMARTS) is 1.